The molecule has 0 spiro atoms. The van der Waals surface area contributed by atoms with Gasteiger partial charge in [0.05, 0.1) is 9.83 Å². The van der Waals surface area contributed by atoms with Gasteiger partial charge in [0, 0.05) is 11.1 Å². The molecule has 1 N–H and O–H groups in total. The fraction of sp³-hybridized carbons (Fsp3) is 0.300. The van der Waals surface area contributed by atoms with Crippen LogP contribution >= 0.6 is 38.6 Å². The van der Waals surface area contributed by atoms with Gasteiger partial charge in [0.15, 0.2) is 0 Å². The van der Waals surface area contributed by atoms with E-state index < -0.39 is 10.0 Å². The molecule has 0 bridgehead atoms. The van der Waals surface area contributed by atoms with Crippen molar-refractivity contribution in [2.45, 2.75) is 24.1 Å². The minimum absolute atomic E-state index is 0.300. The number of aromatic nitrogens is 1. The van der Waals surface area contributed by atoms with Crippen molar-refractivity contribution in [3.63, 3.8) is 0 Å². The topological polar surface area (TPSA) is 59.1 Å². The van der Waals surface area contributed by atoms with Crippen molar-refractivity contribution in [3.05, 3.63) is 32.0 Å². The van der Waals surface area contributed by atoms with E-state index in [1.807, 2.05) is 12.3 Å². The first-order chi connectivity index (χ1) is 8.38. The molecular formula is C10H11BrN2O2S3. The summed E-state index contributed by atoms with van der Waals surface area (Å²) in [5.74, 6) is 0. The van der Waals surface area contributed by atoms with Gasteiger partial charge in [-0.25, -0.2) is 18.1 Å². The number of hydrogen-bond donors (Lipinski definition) is 1. The molecule has 2 heterocycles. The monoisotopic (exact) mass is 366 g/mol. The third kappa shape index (κ3) is 3.18. The zero-order valence-electron chi connectivity index (χ0n) is 9.68. The molecule has 0 aliphatic heterocycles. The van der Waals surface area contributed by atoms with Crippen LogP contribution in [0.3, 0.4) is 0 Å². The highest BCUT2D eigenvalue weighted by atomic mass is 79.9. The first-order valence-electron chi connectivity index (χ1n) is 5.08. The van der Waals surface area contributed by atoms with E-state index in [4.69, 9.17) is 0 Å². The number of thiazole rings is 1. The molecule has 0 radical (unpaired) electrons. The molecule has 2 aromatic heterocycles. The molecule has 0 fully saturated rings. The number of halogens is 1. The maximum Gasteiger partial charge on any atom is 0.250 e. The van der Waals surface area contributed by atoms with Gasteiger partial charge in [0.2, 0.25) is 0 Å². The lowest BCUT2D eigenvalue weighted by Gasteiger charge is -2.10. The van der Waals surface area contributed by atoms with Crippen molar-refractivity contribution < 1.29 is 8.42 Å². The van der Waals surface area contributed by atoms with E-state index in [0.717, 1.165) is 14.5 Å². The Morgan fingerprint density at radius 2 is 2.17 bits per heavy atom. The predicted octanol–water partition coefficient (Wildman–Crippen LogP) is 3.32. The summed E-state index contributed by atoms with van der Waals surface area (Å²) in [5.41, 5.74) is 0.903. The predicted molar refractivity (Wildman–Crippen MR) is 77.6 cm³/mol. The SMILES string of the molecule is Cc1csc(C(C)NS(=O)(=O)c2ccc(Br)s2)n1. The number of rotatable bonds is 4. The molecule has 18 heavy (non-hydrogen) atoms. The lowest BCUT2D eigenvalue weighted by molar-refractivity contribution is 0.568. The molecule has 4 nitrogen and oxygen atoms in total. The van der Waals surface area contributed by atoms with Crippen LogP contribution in [0.2, 0.25) is 0 Å². The minimum atomic E-state index is -3.47. The third-order valence-corrected chi connectivity index (χ3v) is 6.95. The lowest BCUT2D eigenvalue weighted by Crippen LogP contribution is -2.26. The molecule has 0 saturated heterocycles. The number of thiophene rings is 1. The van der Waals surface area contributed by atoms with Crippen LogP contribution in [0.1, 0.15) is 23.7 Å². The van der Waals surface area contributed by atoms with Gasteiger partial charge < -0.3 is 0 Å². The first kappa shape index (κ1) is 14.1. The van der Waals surface area contributed by atoms with Gasteiger partial charge in [-0.3, -0.25) is 0 Å². The summed E-state index contributed by atoms with van der Waals surface area (Å²) in [7, 11) is -3.47. The zero-order valence-corrected chi connectivity index (χ0v) is 13.7. The Balaban J connectivity index is 2.18. The summed E-state index contributed by atoms with van der Waals surface area (Å²) in [5, 5.41) is 2.67. The van der Waals surface area contributed by atoms with Gasteiger partial charge in [-0.2, -0.15) is 0 Å². The third-order valence-electron chi connectivity index (χ3n) is 2.15. The summed E-state index contributed by atoms with van der Waals surface area (Å²) in [6.07, 6.45) is 0. The van der Waals surface area contributed by atoms with Crippen LogP contribution in [0.15, 0.2) is 25.5 Å². The normalized spacial score (nSPS) is 13.7. The van der Waals surface area contributed by atoms with Gasteiger partial charge in [0.1, 0.15) is 9.22 Å². The quantitative estimate of drug-likeness (QED) is 0.902. The van der Waals surface area contributed by atoms with Gasteiger partial charge >= 0.3 is 0 Å². The summed E-state index contributed by atoms with van der Waals surface area (Å²) in [4.78, 5) is 4.28. The van der Waals surface area contributed by atoms with E-state index in [1.54, 1.807) is 19.1 Å². The van der Waals surface area contributed by atoms with E-state index in [2.05, 4.69) is 25.6 Å². The standard InChI is InChI=1S/C10H11BrN2O2S3/c1-6-5-16-10(12-6)7(2)13-18(14,15)9-4-3-8(11)17-9/h3-5,7,13H,1-2H3. The second-order valence-electron chi connectivity index (χ2n) is 3.73. The van der Waals surface area contributed by atoms with Gasteiger partial charge in [-0.1, -0.05) is 0 Å². The summed E-state index contributed by atoms with van der Waals surface area (Å²) in [6.45, 7) is 3.68. The molecule has 0 saturated carbocycles. The highest BCUT2D eigenvalue weighted by Gasteiger charge is 2.21. The van der Waals surface area contributed by atoms with Crippen LogP contribution in [0.4, 0.5) is 0 Å². The van der Waals surface area contributed by atoms with Crippen LogP contribution in [-0.4, -0.2) is 13.4 Å². The number of nitrogens with one attached hydrogen (secondary N) is 1. The Labute approximate surface area is 122 Å². The average molecular weight is 367 g/mol. The molecule has 2 aromatic rings. The molecular weight excluding hydrogens is 356 g/mol. The van der Waals surface area contributed by atoms with Gasteiger partial charge in [-0.15, -0.1) is 22.7 Å². The molecule has 1 atom stereocenters. The zero-order chi connectivity index (χ0) is 13.3. The number of hydrogen-bond acceptors (Lipinski definition) is 5. The van der Waals surface area contributed by atoms with Crippen molar-refractivity contribution in [3.8, 4) is 0 Å². The summed E-state index contributed by atoms with van der Waals surface area (Å²) < 4.78 is 27.9. The Morgan fingerprint density at radius 3 is 2.67 bits per heavy atom. The Hall–Kier alpha value is -0.280. The van der Waals surface area contributed by atoms with Crippen LogP contribution in [0, 0.1) is 6.92 Å². The molecule has 8 heteroatoms. The van der Waals surface area contributed by atoms with Gasteiger partial charge in [-0.05, 0) is 41.9 Å². The number of nitrogens with zero attached hydrogens (tertiary/aromatic N) is 1. The fourth-order valence-electron chi connectivity index (χ4n) is 1.35. The summed E-state index contributed by atoms with van der Waals surface area (Å²) >= 11 is 5.90. The lowest BCUT2D eigenvalue weighted by atomic mass is 10.4. The molecule has 1 unspecified atom stereocenters. The molecule has 0 aliphatic rings. The van der Waals surface area contributed by atoms with E-state index >= 15 is 0 Å². The molecule has 0 aliphatic carbocycles. The second-order valence-corrected chi connectivity index (χ2v) is 9.02. The highest BCUT2D eigenvalue weighted by molar-refractivity contribution is 9.11. The highest BCUT2D eigenvalue weighted by Crippen LogP contribution is 2.27. The number of sulfonamides is 1. The van der Waals surface area contributed by atoms with Crippen molar-refractivity contribution in [2.24, 2.45) is 0 Å². The summed E-state index contributed by atoms with van der Waals surface area (Å²) in [6, 6.07) is 2.98. The van der Waals surface area contributed by atoms with E-state index in [-0.39, 0.29) is 6.04 Å². The van der Waals surface area contributed by atoms with Crippen molar-refractivity contribution >= 4 is 48.6 Å². The van der Waals surface area contributed by atoms with E-state index in [9.17, 15) is 8.42 Å². The fourth-order valence-corrected chi connectivity index (χ4v) is 5.47. The van der Waals surface area contributed by atoms with Crippen LogP contribution < -0.4 is 4.72 Å². The Bertz CT molecular complexity index is 648. The maximum atomic E-state index is 12.1. The van der Waals surface area contributed by atoms with Crippen molar-refractivity contribution in [1.82, 2.24) is 9.71 Å². The van der Waals surface area contributed by atoms with E-state index in [1.165, 1.54) is 22.7 Å². The first-order valence-corrected chi connectivity index (χ1v) is 9.05. The molecule has 0 amide bonds. The Morgan fingerprint density at radius 1 is 1.44 bits per heavy atom. The smallest absolute Gasteiger partial charge is 0.245 e. The minimum Gasteiger partial charge on any atom is -0.245 e. The van der Waals surface area contributed by atoms with Crippen LogP contribution in [0.25, 0.3) is 0 Å². The van der Waals surface area contributed by atoms with Crippen LogP contribution in [-0.2, 0) is 10.0 Å². The Kier molecular flexibility index (Phi) is 4.22. The van der Waals surface area contributed by atoms with Crippen molar-refractivity contribution in [1.29, 1.82) is 0 Å². The largest absolute Gasteiger partial charge is 0.250 e. The number of aryl methyl sites for hydroxylation is 1. The van der Waals surface area contributed by atoms with Gasteiger partial charge in [0.25, 0.3) is 10.0 Å². The average Bonchev–Trinajstić information content (AvgIpc) is 2.86. The second kappa shape index (κ2) is 5.38. The van der Waals surface area contributed by atoms with Crippen LogP contribution in [0.5, 0.6) is 0 Å². The molecule has 0 aromatic carbocycles. The molecule has 98 valence electrons. The maximum absolute atomic E-state index is 12.1. The molecule has 2 rings (SSSR count). The van der Waals surface area contributed by atoms with E-state index in [0.29, 0.717) is 4.21 Å². The van der Waals surface area contributed by atoms with Crippen molar-refractivity contribution in [2.75, 3.05) is 0 Å².